The largest absolute Gasteiger partial charge is 0.395 e. The second-order valence-electron chi connectivity index (χ2n) is 4.07. The summed E-state index contributed by atoms with van der Waals surface area (Å²) in [4.78, 5) is 22.2. The molecule has 1 amide bonds. The van der Waals surface area contributed by atoms with E-state index in [1.165, 1.54) is 6.92 Å². The molecule has 17 heavy (non-hydrogen) atoms. The molecule has 0 aromatic heterocycles. The predicted octanol–water partition coefficient (Wildman–Crippen LogP) is 0.428. The lowest BCUT2D eigenvalue weighted by atomic mass is 9.92. The fourth-order valence-electron chi connectivity index (χ4n) is 1.12. The summed E-state index contributed by atoms with van der Waals surface area (Å²) in [5, 5.41) is 20.7. The highest BCUT2D eigenvalue weighted by atomic mass is 16.3. The Balaban J connectivity index is 2.77. The summed E-state index contributed by atoms with van der Waals surface area (Å²) in [7, 11) is 0. The number of aliphatic hydroxyl groups is 2. The Morgan fingerprint density at radius 1 is 1.29 bits per heavy atom. The van der Waals surface area contributed by atoms with Crippen molar-refractivity contribution in [3.63, 3.8) is 0 Å². The average molecular weight is 237 g/mol. The maximum Gasteiger partial charge on any atom is 0.234 e. The van der Waals surface area contributed by atoms with E-state index < -0.39 is 24.5 Å². The van der Waals surface area contributed by atoms with Crippen molar-refractivity contribution in [1.29, 1.82) is 0 Å². The van der Waals surface area contributed by atoms with E-state index in [4.69, 9.17) is 10.2 Å². The molecule has 0 fully saturated rings. The number of hydrogen-bond acceptors (Lipinski definition) is 4. The predicted molar refractivity (Wildman–Crippen MR) is 62.7 cm³/mol. The lowest BCUT2D eigenvalue weighted by Gasteiger charge is -2.23. The fourth-order valence-corrected chi connectivity index (χ4v) is 1.12. The van der Waals surface area contributed by atoms with Crippen LogP contribution in [0.25, 0.3) is 0 Å². The minimum Gasteiger partial charge on any atom is -0.395 e. The van der Waals surface area contributed by atoms with Crippen LogP contribution < -0.4 is 5.32 Å². The molecule has 0 saturated carbocycles. The van der Waals surface area contributed by atoms with Crippen LogP contribution in [0.3, 0.4) is 0 Å². The van der Waals surface area contributed by atoms with Gasteiger partial charge in [-0.1, -0.05) is 0 Å². The first-order valence-corrected chi connectivity index (χ1v) is 5.14. The fraction of sp³-hybridized carbons (Fsp3) is 0.333. The van der Waals surface area contributed by atoms with Crippen LogP contribution in [0.5, 0.6) is 0 Å². The van der Waals surface area contributed by atoms with Gasteiger partial charge in [0.1, 0.15) is 6.29 Å². The van der Waals surface area contributed by atoms with Crippen molar-refractivity contribution in [2.24, 2.45) is 5.41 Å². The monoisotopic (exact) mass is 237 g/mol. The van der Waals surface area contributed by atoms with Crippen LogP contribution in [-0.2, 0) is 4.79 Å². The van der Waals surface area contributed by atoms with E-state index in [1.807, 2.05) is 0 Å². The van der Waals surface area contributed by atoms with Gasteiger partial charge >= 0.3 is 0 Å². The molecule has 0 spiro atoms. The molecule has 0 bridgehead atoms. The van der Waals surface area contributed by atoms with Crippen LogP contribution in [-0.4, -0.2) is 35.6 Å². The molecule has 0 aliphatic carbocycles. The number of carbonyl (C=O) groups is 2. The van der Waals surface area contributed by atoms with Crippen molar-refractivity contribution in [3.05, 3.63) is 29.8 Å². The highest BCUT2D eigenvalue weighted by Crippen LogP contribution is 2.18. The van der Waals surface area contributed by atoms with Crippen LogP contribution in [0, 0.1) is 5.41 Å². The zero-order valence-electron chi connectivity index (χ0n) is 9.51. The van der Waals surface area contributed by atoms with Crippen LogP contribution in [0.2, 0.25) is 0 Å². The molecule has 1 aromatic carbocycles. The highest BCUT2D eigenvalue weighted by molar-refractivity contribution is 5.95. The molecule has 5 heteroatoms. The van der Waals surface area contributed by atoms with Gasteiger partial charge in [0.15, 0.2) is 0 Å². The molecule has 92 valence electrons. The van der Waals surface area contributed by atoms with E-state index >= 15 is 0 Å². The van der Waals surface area contributed by atoms with Gasteiger partial charge in [0.25, 0.3) is 0 Å². The van der Waals surface area contributed by atoms with Crippen molar-refractivity contribution < 1.29 is 19.8 Å². The summed E-state index contributed by atoms with van der Waals surface area (Å²) in [6.07, 6.45) is 0.706. The van der Waals surface area contributed by atoms with Gasteiger partial charge in [0.2, 0.25) is 5.91 Å². The van der Waals surface area contributed by atoms with Gasteiger partial charge in [-0.05, 0) is 31.2 Å². The second kappa shape index (κ2) is 5.56. The molecule has 0 saturated heterocycles. The number of aldehydes is 1. The van der Waals surface area contributed by atoms with E-state index in [0.717, 1.165) is 0 Å². The quantitative estimate of drug-likeness (QED) is 0.648. The molecule has 0 heterocycles. The molecule has 0 radical (unpaired) electrons. The number of hydrogen-bond donors (Lipinski definition) is 3. The van der Waals surface area contributed by atoms with E-state index in [2.05, 4.69) is 5.32 Å². The summed E-state index contributed by atoms with van der Waals surface area (Å²) >= 11 is 0. The third-order valence-corrected chi connectivity index (χ3v) is 2.55. The van der Waals surface area contributed by atoms with Gasteiger partial charge in [-0.3, -0.25) is 9.59 Å². The number of nitrogens with one attached hydrogen (secondary N) is 1. The molecule has 0 unspecified atom stereocenters. The summed E-state index contributed by atoms with van der Waals surface area (Å²) in [6.45, 7) is 0.575. The molecule has 0 aliphatic heterocycles. The lowest BCUT2D eigenvalue weighted by Crippen LogP contribution is -2.39. The van der Waals surface area contributed by atoms with Crippen molar-refractivity contribution in [2.45, 2.75) is 6.92 Å². The van der Waals surface area contributed by atoms with E-state index in [0.29, 0.717) is 17.5 Å². The van der Waals surface area contributed by atoms with Crippen molar-refractivity contribution in [3.8, 4) is 0 Å². The molecule has 3 N–H and O–H groups in total. The Morgan fingerprint density at radius 3 is 2.24 bits per heavy atom. The minimum absolute atomic E-state index is 0.443. The maximum atomic E-state index is 11.8. The van der Waals surface area contributed by atoms with Crippen LogP contribution in [0.4, 0.5) is 5.69 Å². The van der Waals surface area contributed by atoms with E-state index in [9.17, 15) is 9.59 Å². The minimum atomic E-state index is -1.22. The zero-order valence-corrected chi connectivity index (χ0v) is 9.51. The summed E-state index contributed by atoms with van der Waals surface area (Å²) in [6, 6.07) is 6.29. The normalized spacial score (nSPS) is 11.0. The zero-order chi connectivity index (χ0) is 12.9. The van der Waals surface area contributed by atoms with Gasteiger partial charge in [0.05, 0.1) is 18.6 Å². The number of aliphatic hydroxyl groups excluding tert-OH is 2. The van der Waals surface area contributed by atoms with Crippen molar-refractivity contribution in [2.75, 3.05) is 18.5 Å². The van der Waals surface area contributed by atoms with E-state index in [-0.39, 0.29) is 0 Å². The third kappa shape index (κ3) is 3.12. The highest BCUT2D eigenvalue weighted by Gasteiger charge is 2.31. The van der Waals surface area contributed by atoms with Gasteiger partial charge in [0, 0.05) is 11.3 Å². The van der Waals surface area contributed by atoms with Gasteiger partial charge in [-0.25, -0.2) is 0 Å². The Kier molecular flexibility index (Phi) is 4.37. The molecular formula is C12H15NO4. The topological polar surface area (TPSA) is 86.6 Å². The number of benzene rings is 1. The molecule has 0 aliphatic rings. The lowest BCUT2D eigenvalue weighted by molar-refractivity contribution is -0.129. The number of rotatable bonds is 5. The third-order valence-electron chi connectivity index (χ3n) is 2.55. The maximum absolute atomic E-state index is 11.8. The van der Waals surface area contributed by atoms with Crippen molar-refractivity contribution >= 4 is 17.9 Å². The molecule has 5 nitrogen and oxygen atoms in total. The first-order chi connectivity index (χ1) is 8.05. The smallest absolute Gasteiger partial charge is 0.234 e. The van der Waals surface area contributed by atoms with Crippen LogP contribution >= 0.6 is 0 Å². The summed E-state index contributed by atoms with van der Waals surface area (Å²) in [5.41, 5.74) is -0.202. The van der Waals surface area contributed by atoms with Crippen LogP contribution in [0.1, 0.15) is 17.3 Å². The molecular weight excluding hydrogens is 222 g/mol. The first-order valence-electron chi connectivity index (χ1n) is 5.14. The Bertz CT molecular complexity index is 395. The molecule has 1 aromatic rings. The van der Waals surface area contributed by atoms with E-state index in [1.54, 1.807) is 24.3 Å². The SMILES string of the molecule is CC(CO)(CO)C(=O)Nc1ccc(C=O)cc1. The molecule has 0 atom stereocenters. The van der Waals surface area contributed by atoms with Crippen molar-refractivity contribution in [1.82, 2.24) is 0 Å². The average Bonchev–Trinajstić information content (AvgIpc) is 2.38. The first kappa shape index (κ1) is 13.3. The van der Waals surface area contributed by atoms with Gasteiger partial charge in [-0.2, -0.15) is 0 Å². The number of anilines is 1. The Labute approximate surface area is 99.1 Å². The number of carbonyl (C=O) groups excluding carboxylic acids is 2. The summed E-state index contributed by atoms with van der Waals surface area (Å²) in [5.74, 6) is -0.471. The Hall–Kier alpha value is -1.72. The standard InChI is InChI=1S/C12H15NO4/c1-12(7-15,8-16)11(17)13-10-4-2-9(6-14)3-5-10/h2-6,15-16H,7-8H2,1H3,(H,13,17). The number of amides is 1. The van der Waals surface area contributed by atoms with Crippen LogP contribution in [0.15, 0.2) is 24.3 Å². The molecule has 1 rings (SSSR count). The van der Waals surface area contributed by atoms with Gasteiger partial charge in [-0.15, -0.1) is 0 Å². The van der Waals surface area contributed by atoms with Gasteiger partial charge < -0.3 is 15.5 Å². The second-order valence-corrected chi connectivity index (χ2v) is 4.07. The summed E-state index contributed by atoms with van der Waals surface area (Å²) < 4.78 is 0. The Morgan fingerprint density at radius 2 is 1.82 bits per heavy atom.